The third kappa shape index (κ3) is 2.14. The van der Waals surface area contributed by atoms with E-state index in [-0.39, 0.29) is 0 Å². The van der Waals surface area contributed by atoms with Crippen LogP contribution in [0, 0.1) is 0 Å². The molecule has 108 valence electrons. The topological polar surface area (TPSA) is 52.3 Å². The molecule has 4 rings (SSSR count). The maximum atomic E-state index is 5.29. The number of hydrogen-bond acceptors (Lipinski definition) is 5. The molecule has 0 aliphatic heterocycles. The van der Waals surface area contributed by atoms with Gasteiger partial charge < -0.3 is 4.74 Å². The van der Waals surface area contributed by atoms with Crippen molar-refractivity contribution in [3.63, 3.8) is 0 Å². The molecule has 4 aromatic rings. The number of benzene rings is 1. The number of ether oxygens (including phenoxy) is 1. The Morgan fingerprint density at radius 1 is 1.14 bits per heavy atom. The molecule has 1 aromatic carbocycles. The molecule has 0 amide bonds. The van der Waals surface area contributed by atoms with Gasteiger partial charge in [0.2, 0.25) is 0 Å². The highest BCUT2D eigenvalue weighted by molar-refractivity contribution is 7.13. The first-order valence-corrected chi connectivity index (χ1v) is 7.63. The Morgan fingerprint density at radius 3 is 2.91 bits per heavy atom. The molecule has 0 spiro atoms. The first kappa shape index (κ1) is 13.0. The van der Waals surface area contributed by atoms with Crippen LogP contribution in [0.3, 0.4) is 0 Å². The van der Waals surface area contributed by atoms with Crippen LogP contribution in [0.4, 0.5) is 0 Å². The van der Waals surface area contributed by atoms with E-state index in [0.29, 0.717) is 11.6 Å². The van der Waals surface area contributed by atoms with Crippen LogP contribution >= 0.6 is 11.3 Å². The van der Waals surface area contributed by atoms with E-state index in [0.717, 1.165) is 21.9 Å². The Balaban J connectivity index is 1.90. The minimum atomic E-state index is 0.587. The highest BCUT2D eigenvalue weighted by Gasteiger charge is 2.12. The van der Waals surface area contributed by atoms with Gasteiger partial charge in [0.25, 0.3) is 5.78 Å². The van der Waals surface area contributed by atoms with Gasteiger partial charge in [0.15, 0.2) is 5.82 Å². The Hall–Kier alpha value is -2.73. The molecule has 5 nitrogen and oxygen atoms in total. The quantitative estimate of drug-likeness (QED) is 0.581. The molecule has 3 heterocycles. The van der Waals surface area contributed by atoms with Crippen LogP contribution in [-0.4, -0.2) is 26.7 Å². The normalized spacial score (nSPS) is 11.0. The summed E-state index contributed by atoms with van der Waals surface area (Å²) in [5.74, 6) is 2.09. The van der Waals surface area contributed by atoms with E-state index in [2.05, 4.69) is 15.1 Å². The molecular formula is C16H12N4OS. The number of aromatic nitrogens is 4. The van der Waals surface area contributed by atoms with Crippen molar-refractivity contribution in [2.24, 2.45) is 0 Å². The van der Waals surface area contributed by atoms with Crippen molar-refractivity contribution in [3.8, 4) is 27.7 Å². The Bertz CT molecular complexity index is 930. The Labute approximate surface area is 130 Å². The van der Waals surface area contributed by atoms with E-state index in [9.17, 15) is 0 Å². The Kier molecular flexibility index (Phi) is 3.08. The van der Waals surface area contributed by atoms with E-state index < -0.39 is 0 Å². The predicted octanol–water partition coefficient (Wildman–Crippen LogP) is 3.53. The molecule has 22 heavy (non-hydrogen) atoms. The SMILES string of the molecule is COc1cccc(-c2ccnc3nc(-c4cccs4)nn23)c1. The average Bonchev–Trinajstić information content (AvgIpc) is 3.23. The lowest BCUT2D eigenvalue weighted by Gasteiger charge is -2.05. The van der Waals surface area contributed by atoms with E-state index in [1.165, 1.54) is 0 Å². The second-order valence-corrected chi connectivity index (χ2v) is 5.63. The van der Waals surface area contributed by atoms with Gasteiger partial charge in [-0.25, -0.2) is 4.98 Å². The van der Waals surface area contributed by atoms with Crippen molar-refractivity contribution in [1.82, 2.24) is 19.6 Å². The summed E-state index contributed by atoms with van der Waals surface area (Å²) in [7, 11) is 1.66. The van der Waals surface area contributed by atoms with E-state index in [1.54, 1.807) is 29.2 Å². The van der Waals surface area contributed by atoms with E-state index in [4.69, 9.17) is 4.74 Å². The van der Waals surface area contributed by atoms with Crippen molar-refractivity contribution < 1.29 is 4.74 Å². The van der Waals surface area contributed by atoms with Gasteiger partial charge in [0.1, 0.15) is 5.75 Å². The monoisotopic (exact) mass is 308 g/mol. The first-order chi connectivity index (χ1) is 10.8. The number of fused-ring (bicyclic) bond motifs is 1. The molecular weight excluding hydrogens is 296 g/mol. The van der Waals surface area contributed by atoms with Crippen LogP contribution < -0.4 is 4.74 Å². The fraction of sp³-hybridized carbons (Fsp3) is 0.0625. The van der Waals surface area contributed by atoms with Gasteiger partial charge in [-0.15, -0.1) is 16.4 Å². The molecule has 0 aliphatic carbocycles. The van der Waals surface area contributed by atoms with Gasteiger partial charge in [-0.05, 0) is 29.6 Å². The maximum Gasteiger partial charge on any atom is 0.253 e. The molecule has 0 bridgehead atoms. The van der Waals surface area contributed by atoms with Gasteiger partial charge in [0.05, 0.1) is 17.7 Å². The number of rotatable bonds is 3. The fourth-order valence-electron chi connectivity index (χ4n) is 2.31. The molecule has 0 aliphatic rings. The zero-order valence-corrected chi connectivity index (χ0v) is 12.6. The smallest absolute Gasteiger partial charge is 0.253 e. The van der Waals surface area contributed by atoms with Crippen LogP contribution in [0.1, 0.15) is 0 Å². The lowest BCUT2D eigenvalue weighted by Crippen LogP contribution is -1.96. The number of thiophene rings is 1. The summed E-state index contributed by atoms with van der Waals surface area (Å²) < 4.78 is 7.06. The van der Waals surface area contributed by atoms with Crippen molar-refractivity contribution in [1.29, 1.82) is 0 Å². The van der Waals surface area contributed by atoms with E-state index >= 15 is 0 Å². The summed E-state index contributed by atoms with van der Waals surface area (Å²) in [6.07, 6.45) is 1.75. The summed E-state index contributed by atoms with van der Waals surface area (Å²) in [5.41, 5.74) is 1.94. The molecule has 6 heteroatoms. The lowest BCUT2D eigenvalue weighted by molar-refractivity contribution is 0.415. The lowest BCUT2D eigenvalue weighted by atomic mass is 10.1. The van der Waals surface area contributed by atoms with Crippen molar-refractivity contribution in [2.45, 2.75) is 0 Å². The van der Waals surface area contributed by atoms with Gasteiger partial charge in [-0.2, -0.15) is 9.50 Å². The minimum absolute atomic E-state index is 0.587. The molecule has 0 unspecified atom stereocenters. The highest BCUT2D eigenvalue weighted by atomic mass is 32.1. The van der Waals surface area contributed by atoms with Crippen LogP contribution in [0.2, 0.25) is 0 Å². The van der Waals surface area contributed by atoms with Crippen LogP contribution in [0.15, 0.2) is 54.0 Å². The summed E-state index contributed by atoms with van der Waals surface area (Å²) in [6, 6.07) is 13.8. The fourth-order valence-corrected chi connectivity index (χ4v) is 2.96. The zero-order valence-electron chi connectivity index (χ0n) is 11.8. The number of hydrogen-bond donors (Lipinski definition) is 0. The first-order valence-electron chi connectivity index (χ1n) is 6.75. The largest absolute Gasteiger partial charge is 0.497 e. The predicted molar refractivity (Wildman–Crippen MR) is 86.1 cm³/mol. The average molecular weight is 308 g/mol. The van der Waals surface area contributed by atoms with Gasteiger partial charge in [-0.3, -0.25) is 0 Å². The van der Waals surface area contributed by atoms with Crippen LogP contribution in [0.5, 0.6) is 5.75 Å². The molecule has 0 saturated heterocycles. The molecule has 0 saturated carbocycles. The molecule has 0 radical (unpaired) electrons. The molecule has 0 fully saturated rings. The summed E-state index contributed by atoms with van der Waals surface area (Å²) in [5, 5.41) is 6.61. The third-order valence-electron chi connectivity index (χ3n) is 3.35. The van der Waals surface area contributed by atoms with Gasteiger partial charge in [0, 0.05) is 11.8 Å². The van der Waals surface area contributed by atoms with Crippen molar-refractivity contribution in [3.05, 3.63) is 54.0 Å². The van der Waals surface area contributed by atoms with Gasteiger partial charge >= 0.3 is 0 Å². The van der Waals surface area contributed by atoms with Crippen LogP contribution in [0.25, 0.3) is 27.7 Å². The number of methoxy groups -OCH3 is 1. The maximum absolute atomic E-state index is 5.29. The Morgan fingerprint density at radius 2 is 2.09 bits per heavy atom. The second kappa shape index (κ2) is 5.23. The summed E-state index contributed by atoms with van der Waals surface area (Å²) in [6.45, 7) is 0. The van der Waals surface area contributed by atoms with Crippen molar-refractivity contribution >= 4 is 17.1 Å². The summed E-state index contributed by atoms with van der Waals surface area (Å²) in [4.78, 5) is 9.84. The summed E-state index contributed by atoms with van der Waals surface area (Å²) >= 11 is 1.61. The van der Waals surface area contributed by atoms with E-state index in [1.807, 2.05) is 47.8 Å². The zero-order chi connectivity index (χ0) is 14.9. The third-order valence-corrected chi connectivity index (χ3v) is 4.21. The number of nitrogens with zero attached hydrogens (tertiary/aromatic N) is 4. The van der Waals surface area contributed by atoms with Gasteiger partial charge in [-0.1, -0.05) is 18.2 Å². The van der Waals surface area contributed by atoms with Crippen molar-refractivity contribution in [2.75, 3.05) is 7.11 Å². The standard InChI is InChI=1S/C16H12N4OS/c1-21-12-5-2-4-11(10-12)13-7-8-17-16-18-15(19-20(13)16)14-6-3-9-22-14/h2-10H,1H3. The molecule has 0 atom stereocenters. The van der Waals surface area contributed by atoms with Crippen LogP contribution in [-0.2, 0) is 0 Å². The highest BCUT2D eigenvalue weighted by Crippen LogP contribution is 2.26. The molecule has 0 N–H and O–H groups in total. The molecule has 3 aromatic heterocycles. The minimum Gasteiger partial charge on any atom is -0.497 e. The second-order valence-electron chi connectivity index (χ2n) is 4.69.